The molecule has 0 atom stereocenters. The van der Waals surface area contributed by atoms with Gasteiger partial charge in [0.25, 0.3) is 5.56 Å². The topological polar surface area (TPSA) is 74.8 Å². The van der Waals surface area contributed by atoms with Crippen LogP contribution in [0.5, 0.6) is 0 Å². The SMILES string of the molecule is Cc1ccc(-c2csc3nc(SCC(=O)Nc4cc(Cl)ccc4C)[nH]c(=O)c23)cc1. The number of hydrogen-bond acceptors (Lipinski definition) is 5. The average Bonchev–Trinajstić information content (AvgIpc) is 3.14. The highest BCUT2D eigenvalue weighted by Gasteiger charge is 2.14. The van der Waals surface area contributed by atoms with Crippen molar-refractivity contribution < 1.29 is 4.79 Å². The molecule has 4 aromatic rings. The van der Waals surface area contributed by atoms with Gasteiger partial charge in [0.15, 0.2) is 5.16 Å². The number of carbonyl (C=O) groups is 1. The number of anilines is 1. The number of carbonyl (C=O) groups excluding carboxylic acids is 1. The van der Waals surface area contributed by atoms with Crippen molar-refractivity contribution in [2.45, 2.75) is 19.0 Å². The van der Waals surface area contributed by atoms with Gasteiger partial charge >= 0.3 is 0 Å². The molecule has 8 heteroatoms. The van der Waals surface area contributed by atoms with Crippen LogP contribution < -0.4 is 10.9 Å². The molecule has 2 heterocycles. The van der Waals surface area contributed by atoms with Gasteiger partial charge in [0.2, 0.25) is 5.91 Å². The number of benzene rings is 2. The Kier molecular flexibility index (Phi) is 5.94. The molecule has 2 N–H and O–H groups in total. The Morgan fingerprint density at radius 3 is 2.73 bits per heavy atom. The number of halogens is 1. The van der Waals surface area contributed by atoms with Crippen LogP contribution in [-0.2, 0) is 4.79 Å². The van der Waals surface area contributed by atoms with E-state index in [0.29, 0.717) is 26.1 Å². The summed E-state index contributed by atoms with van der Waals surface area (Å²) in [6, 6.07) is 13.4. The summed E-state index contributed by atoms with van der Waals surface area (Å²) in [6.07, 6.45) is 0. The maximum atomic E-state index is 12.7. The van der Waals surface area contributed by atoms with Crippen LogP contribution in [0, 0.1) is 13.8 Å². The van der Waals surface area contributed by atoms with Crippen molar-refractivity contribution in [1.29, 1.82) is 0 Å². The van der Waals surface area contributed by atoms with E-state index in [1.807, 2.05) is 49.6 Å². The minimum Gasteiger partial charge on any atom is -0.325 e. The number of rotatable bonds is 5. The van der Waals surface area contributed by atoms with Crippen LogP contribution in [0.2, 0.25) is 5.02 Å². The van der Waals surface area contributed by atoms with Gasteiger partial charge in [0.05, 0.1) is 11.1 Å². The maximum Gasteiger partial charge on any atom is 0.260 e. The lowest BCUT2D eigenvalue weighted by Crippen LogP contribution is -2.16. The average molecular weight is 456 g/mol. The van der Waals surface area contributed by atoms with Gasteiger partial charge in [-0.15, -0.1) is 11.3 Å². The number of thiophene rings is 1. The number of fused-ring (bicyclic) bond motifs is 1. The lowest BCUT2D eigenvalue weighted by Gasteiger charge is -2.08. The molecule has 2 aromatic carbocycles. The van der Waals surface area contributed by atoms with E-state index in [-0.39, 0.29) is 17.2 Å². The fraction of sp³-hybridized carbons (Fsp3) is 0.136. The minimum atomic E-state index is -0.203. The summed E-state index contributed by atoms with van der Waals surface area (Å²) in [5, 5.41) is 6.34. The molecule has 5 nitrogen and oxygen atoms in total. The predicted octanol–water partition coefficient (Wildman–Crippen LogP) is 5.65. The van der Waals surface area contributed by atoms with E-state index in [4.69, 9.17) is 11.6 Å². The van der Waals surface area contributed by atoms with E-state index in [1.54, 1.807) is 12.1 Å². The van der Waals surface area contributed by atoms with Crippen LogP contribution in [0.1, 0.15) is 11.1 Å². The molecule has 152 valence electrons. The van der Waals surface area contributed by atoms with Gasteiger partial charge in [0.1, 0.15) is 4.83 Å². The summed E-state index contributed by atoms with van der Waals surface area (Å²) < 4.78 is 0. The predicted molar refractivity (Wildman–Crippen MR) is 126 cm³/mol. The molecule has 0 unspecified atom stereocenters. The first-order valence-electron chi connectivity index (χ1n) is 9.18. The van der Waals surface area contributed by atoms with Crippen molar-refractivity contribution in [1.82, 2.24) is 9.97 Å². The second-order valence-electron chi connectivity index (χ2n) is 6.86. The summed E-state index contributed by atoms with van der Waals surface area (Å²) >= 11 is 8.61. The summed E-state index contributed by atoms with van der Waals surface area (Å²) in [4.78, 5) is 33.0. The summed E-state index contributed by atoms with van der Waals surface area (Å²) in [7, 11) is 0. The Bertz CT molecular complexity index is 1300. The van der Waals surface area contributed by atoms with Gasteiger partial charge < -0.3 is 10.3 Å². The Morgan fingerprint density at radius 2 is 1.97 bits per heavy atom. The molecule has 0 aliphatic carbocycles. The fourth-order valence-electron chi connectivity index (χ4n) is 2.99. The molecule has 0 aliphatic rings. The third-order valence-corrected chi connectivity index (χ3v) is 6.58. The van der Waals surface area contributed by atoms with Gasteiger partial charge in [0, 0.05) is 21.7 Å². The molecule has 2 aromatic heterocycles. The highest BCUT2D eigenvalue weighted by atomic mass is 35.5. The Hall–Kier alpha value is -2.61. The first kappa shape index (κ1) is 20.7. The molecule has 0 radical (unpaired) electrons. The summed E-state index contributed by atoms with van der Waals surface area (Å²) in [5.41, 5.74) is 4.41. The number of aryl methyl sites for hydroxylation is 2. The Labute approximate surface area is 186 Å². The number of nitrogens with one attached hydrogen (secondary N) is 2. The van der Waals surface area contributed by atoms with Gasteiger partial charge in [-0.25, -0.2) is 4.98 Å². The number of amides is 1. The molecule has 0 saturated heterocycles. The molecule has 0 saturated carbocycles. The molecule has 0 fully saturated rings. The number of nitrogens with zero attached hydrogens (tertiary/aromatic N) is 1. The zero-order valence-electron chi connectivity index (χ0n) is 16.3. The summed E-state index contributed by atoms with van der Waals surface area (Å²) in [6.45, 7) is 3.92. The van der Waals surface area contributed by atoms with Gasteiger partial charge in [-0.3, -0.25) is 9.59 Å². The molecule has 0 bridgehead atoms. The third-order valence-electron chi connectivity index (χ3n) is 4.60. The lowest BCUT2D eigenvalue weighted by molar-refractivity contribution is -0.113. The van der Waals surface area contributed by atoms with Crippen LogP contribution in [-0.4, -0.2) is 21.6 Å². The molecule has 30 heavy (non-hydrogen) atoms. The number of H-pyrrole nitrogens is 1. The monoisotopic (exact) mass is 455 g/mol. The quantitative estimate of drug-likeness (QED) is 0.301. The highest BCUT2D eigenvalue weighted by molar-refractivity contribution is 7.99. The van der Waals surface area contributed by atoms with Crippen LogP contribution in [0.15, 0.2) is 57.8 Å². The van der Waals surface area contributed by atoms with Crippen LogP contribution >= 0.6 is 34.7 Å². The van der Waals surface area contributed by atoms with E-state index < -0.39 is 0 Å². The van der Waals surface area contributed by atoms with Crippen molar-refractivity contribution in [3.63, 3.8) is 0 Å². The molecular weight excluding hydrogens is 438 g/mol. The normalized spacial score (nSPS) is 11.0. The number of aromatic amines is 1. The fourth-order valence-corrected chi connectivity index (χ4v) is 4.83. The molecule has 0 aliphatic heterocycles. The van der Waals surface area contributed by atoms with Crippen LogP contribution in [0.25, 0.3) is 21.3 Å². The zero-order chi connectivity index (χ0) is 21.3. The number of aromatic nitrogens is 2. The first-order valence-corrected chi connectivity index (χ1v) is 11.4. The van der Waals surface area contributed by atoms with E-state index in [1.165, 1.54) is 23.1 Å². The van der Waals surface area contributed by atoms with Crippen molar-refractivity contribution in [3.05, 3.63) is 74.3 Å². The maximum absolute atomic E-state index is 12.7. The smallest absolute Gasteiger partial charge is 0.260 e. The molecular formula is C22H18ClN3O2S2. The Morgan fingerprint density at radius 1 is 1.20 bits per heavy atom. The molecule has 0 spiro atoms. The van der Waals surface area contributed by atoms with Crippen molar-refractivity contribution in [2.75, 3.05) is 11.1 Å². The second kappa shape index (κ2) is 8.63. The number of thioether (sulfide) groups is 1. The van der Waals surface area contributed by atoms with E-state index >= 15 is 0 Å². The van der Waals surface area contributed by atoms with Gasteiger partial charge in [-0.05, 0) is 37.1 Å². The summed E-state index contributed by atoms with van der Waals surface area (Å²) in [5.74, 6) is -0.0732. The first-order chi connectivity index (χ1) is 14.4. The standard InChI is InChI=1S/C22H18ClN3O2S2/c1-12-3-6-14(7-4-12)16-10-29-21-19(16)20(28)25-22(26-21)30-11-18(27)24-17-9-15(23)8-5-13(17)2/h3-10H,11H2,1-2H3,(H,24,27)(H,25,26,28). The minimum absolute atomic E-state index is 0.122. The number of hydrogen-bond donors (Lipinski definition) is 2. The van der Waals surface area contributed by atoms with Gasteiger partial charge in [-0.2, -0.15) is 0 Å². The second-order valence-corrected chi connectivity index (χ2v) is 9.12. The van der Waals surface area contributed by atoms with E-state index in [0.717, 1.165) is 22.3 Å². The van der Waals surface area contributed by atoms with Gasteiger partial charge in [-0.1, -0.05) is 59.3 Å². The lowest BCUT2D eigenvalue weighted by atomic mass is 10.1. The van der Waals surface area contributed by atoms with Crippen molar-refractivity contribution in [2.24, 2.45) is 0 Å². The Balaban J connectivity index is 1.51. The van der Waals surface area contributed by atoms with E-state index in [2.05, 4.69) is 15.3 Å². The van der Waals surface area contributed by atoms with Crippen molar-refractivity contribution >= 4 is 56.5 Å². The van der Waals surface area contributed by atoms with Crippen LogP contribution in [0.3, 0.4) is 0 Å². The largest absolute Gasteiger partial charge is 0.325 e. The molecule has 1 amide bonds. The van der Waals surface area contributed by atoms with E-state index in [9.17, 15) is 9.59 Å². The third kappa shape index (κ3) is 4.43. The highest BCUT2D eigenvalue weighted by Crippen LogP contribution is 2.31. The van der Waals surface area contributed by atoms with Crippen molar-refractivity contribution in [3.8, 4) is 11.1 Å². The molecule has 4 rings (SSSR count). The van der Waals surface area contributed by atoms with Crippen LogP contribution in [0.4, 0.5) is 5.69 Å². The zero-order valence-corrected chi connectivity index (χ0v) is 18.7.